The molecule has 0 atom stereocenters. The summed E-state index contributed by atoms with van der Waals surface area (Å²) in [5.74, 6) is -1.47. The lowest BCUT2D eigenvalue weighted by molar-refractivity contribution is -0.123. The summed E-state index contributed by atoms with van der Waals surface area (Å²) >= 11 is 0. The van der Waals surface area contributed by atoms with Gasteiger partial charge in [-0.05, 0) is 37.6 Å². The van der Waals surface area contributed by atoms with Gasteiger partial charge in [0.15, 0.2) is 6.61 Å². The Hall–Kier alpha value is -3.22. The second-order valence-corrected chi connectivity index (χ2v) is 5.11. The van der Waals surface area contributed by atoms with Crippen LogP contribution in [0.4, 0.5) is 10.5 Å². The van der Waals surface area contributed by atoms with Crippen molar-refractivity contribution in [1.29, 1.82) is 0 Å². The van der Waals surface area contributed by atoms with Gasteiger partial charge in [-0.25, -0.2) is 14.6 Å². The molecule has 0 spiro atoms. The summed E-state index contributed by atoms with van der Waals surface area (Å²) in [6, 6.07) is 9.55. The van der Waals surface area contributed by atoms with Crippen molar-refractivity contribution in [3.63, 3.8) is 0 Å². The monoisotopic (exact) mass is 327 g/mol. The van der Waals surface area contributed by atoms with E-state index in [1.807, 2.05) is 26.0 Å². The summed E-state index contributed by atoms with van der Waals surface area (Å²) in [7, 11) is 0. The number of hydrogen-bond acceptors (Lipinski definition) is 5. The minimum absolute atomic E-state index is 0.0880. The van der Waals surface area contributed by atoms with Gasteiger partial charge in [-0.2, -0.15) is 0 Å². The van der Waals surface area contributed by atoms with Crippen LogP contribution in [0.15, 0.2) is 42.6 Å². The molecule has 0 aliphatic carbocycles. The zero-order valence-corrected chi connectivity index (χ0v) is 13.3. The molecule has 1 heterocycles. The molecule has 2 rings (SSSR count). The van der Waals surface area contributed by atoms with E-state index in [2.05, 4.69) is 15.6 Å². The number of imide groups is 1. The summed E-state index contributed by atoms with van der Waals surface area (Å²) < 4.78 is 4.79. The van der Waals surface area contributed by atoms with E-state index < -0.39 is 24.5 Å². The topological polar surface area (TPSA) is 97.4 Å². The minimum atomic E-state index is -0.736. The van der Waals surface area contributed by atoms with Crippen molar-refractivity contribution in [3.8, 4) is 0 Å². The van der Waals surface area contributed by atoms with E-state index >= 15 is 0 Å². The molecule has 0 aliphatic rings. The second-order valence-electron chi connectivity index (χ2n) is 5.11. The Balaban J connectivity index is 1.81. The first kappa shape index (κ1) is 17.1. The Morgan fingerprint density at radius 3 is 2.58 bits per heavy atom. The Morgan fingerprint density at radius 1 is 1.12 bits per heavy atom. The summed E-state index contributed by atoms with van der Waals surface area (Å²) in [6.07, 6.45) is 1.44. The van der Waals surface area contributed by atoms with Crippen LogP contribution < -0.4 is 10.6 Å². The standard InChI is InChI=1S/C17H17N3O4/c1-11-6-7-13(12(2)9-11)19-17(23)20-15(21)10-24-16(22)14-5-3-4-8-18-14/h3-9H,10H2,1-2H3,(H2,19,20,21,23). The number of hydrogen-bond donors (Lipinski definition) is 2. The van der Waals surface area contributed by atoms with Gasteiger partial charge in [-0.3, -0.25) is 10.1 Å². The number of amides is 3. The number of ether oxygens (including phenoxy) is 1. The van der Waals surface area contributed by atoms with E-state index in [1.54, 1.807) is 18.2 Å². The first-order valence-corrected chi connectivity index (χ1v) is 7.22. The van der Waals surface area contributed by atoms with Crippen LogP contribution in [0.25, 0.3) is 0 Å². The predicted molar refractivity (Wildman–Crippen MR) is 87.6 cm³/mol. The van der Waals surface area contributed by atoms with Gasteiger partial charge in [0, 0.05) is 11.9 Å². The molecule has 124 valence electrons. The maximum absolute atomic E-state index is 11.8. The van der Waals surface area contributed by atoms with Gasteiger partial charge in [-0.15, -0.1) is 0 Å². The molecular weight excluding hydrogens is 310 g/mol. The number of nitrogens with zero attached hydrogens (tertiary/aromatic N) is 1. The zero-order chi connectivity index (χ0) is 17.5. The maximum Gasteiger partial charge on any atom is 0.357 e. The number of aromatic nitrogens is 1. The smallest absolute Gasteiger partial charge is 0.357 e. The molecular formula is C17H17N3O4. The third kappa shape index (κ3) is 4.91. The number of carbonyl (C=O) groups is 3. The van der Waals surface area contributed by atoms with Crippen molar-refractivity contribution in [3.05, 3.63) is 59.4 Å². The molecule has 0 aliphatic heterocycles. The van der Waals surface area contributed by atoms with E-state index in [0.717, 1.165) is 11.1 Å². The highest BCUT2D eigenvalue weighted by molar-refractivity contribution is 6.02. The third-order valence-electron chi connectivity index (χ3n) is 3.09. The molecule has 7 heteroatoms. The number of pyridine rings is 1. The highest BCUT2D eigenvalue weighted by Gasteiger charge is 2.13. The van der Waals surface area contributed by atoms with Crippen molar-refractivity contribution in [1.82, 2.24) is 10.3 Å². The number of nitrogens with one attached hydrogen (secondary N) is 2. The van der Waals surface area contributed by atoms with Crippen molar-refractivity contribution < 1.29 is 19.1 Å². The minimum Gasteiger partial charge on any atom is -0.451 e. The summed E-state index contributed by atoms with van der Waals surface area (Å²) in [5, 5.41) is 4.65. The van der Waals surface area contributed by atoms with E-state index in [4.69, 9.17) is 4.74 Å². The first-order valence-electron chi connectivity index (χ1n) is 7.22. The van der Waals surface area contributed by atoms with Crippen molar-refractivity contribution in [2.45, 2.75) is 13.8 Å². The molecule has 7 nitrogen and oxygen atoms in total. The Labute approximate surface area is 139 Å². The Bertz CT molecular complexity index is 760. The number of benzene rings is 1. The maximum atomic E-state index is 11.8. The molecule has 24 heavy (non-hydrogen) atoms. The van der Waals surface area contributed by atoms with E-state index in [1.165, 1.54) is 12.3 Å². The highest BCUT2D eigenvalue weighted by Crippen LogP contribution is 2.15. The van der Waals surface area contributed by atoms with E-state index in [9.17, 15) is 14.4 Å². The number of urea groups is 1. The average molecular weight is 327 g/mol. The van der Waals surface area contributed by atoms with Crippen LogP contribution in [0.5, 0.6) is 0 Å². The number of aryl methyl sites for hydroxylation is 2. The zero-order valence-electron chi connectivity index (χ0n) is 13.3. The molecule has 0 unspecified atom stereocenters. The fourth-order valence-electron chi connectivity index (χ4n) is 1.96. The van der Waals surface area contributed by atoms with Gasteiger partial charge in [0.05, 0.1) is 0 Å². The molecule has 2 N–H and O–H groups in total. The van der Waals surface area contributed by atoms with Gasteiger partial charge in [0.2, 0.25) is 0 Å². The number of rotatable bonds is 4. The van der Waals surface area contributed by atoms with Crippen LogP contribution in [-0.4, -0.2) is 29.5 Å². The fourth-order valence-corrected chi connectivity index (χ4v) is 1.96. The Morgan fingerprint density at radius 2 is 1.92 bits per heavy atom. The quantitative estimate of drug-likeness (QED) is 0.839. The van der Waals surface area contributed by atoms with E-state index in [-0.39, 0.29) is 5.69 Å². The van der Waals surface area contributed by atoms with Crippen LogP contribution in [0.3, 0.4) is 0 Å². The number of anilines is 1. The predicted octanol–water partition coefficient (Wildman–Crippen LogP) is 2.20. The molecule has 1 aromatic heterocycles. The number of carbonyl (C=O) groups excluding carboxylic acids is 3. The largest absolute Gasteiger partial charge is 0.451 e. The van der Waals surface area contributed by atoms with Gasteiger partial charge >= 0.3 is 12.0 Å². The lowest BCUT2D eigenvalue weighted by atomic mass is 10.1. The van der Waals surface area contributed by atoms with Crippen LogP contribution in [-0.2, 0) is 9.53 Å². The number of esters is 1. The molecule has 0 bridgehead atoms. The first-order chi connectivity index (χ1) is 11.5. The Kier molecular flexibility index (Phi) is 5.62. The molecule has 2 aromatic rings. The lowest BCUT2D eigenvalue weighted by Crippen LogP contribution is -2.37. The normalized spacial score (nSPS) is 9.92. The molecule has 0 saturated heterocycles. The van der Waals surface area contributed by atoms with Crippen molar-refractivity contribution in [2.24, 2.45) is 0 Å². The average Bonchev–Trinajstić information content (AvgIpc) is 2.56. The van der Waals surface area contributed by atoms with Crippen molar-refractivity contribution >= 4 is 23.6 Å². The highest BCUT2D eigenvalue weighted by atomic mass is 16.5. The van der Waals surface area contributed by atoms with Gasteiger partial charge < -0.3 is 10.1 Å². The molecule has 3 amide bonds. The summed E-state index contributed by atoms with van der Waals surface area (Å²) in [4.78, 5) is 38.9. The van der Waals surface area contributed by atoms with E-state index in [0.29, 0.717) is 5.69 Å². The third-order valence-corrected chi connectivity index (χ3v) is 3.09. The second kappa shape index (κ2) is 7.87. The SMILES string of the molecule is Cc1ccc(NC(=O)NC(=O)COC(=O)c2ccccn2)c(C)c1. The van der Waals surface area contributed by atoms with Crippen LogP contribution in [0, 0.1) is 13.8 Å². The van der Waals surface area contributed by atoms with Gasteiger partial charge in [-0.1, -0.05) is 23.8 Å². The molecule has 1 aromatic carbocycles. The van der Waals surface area contributed by atoms with Crippen LogP contribution in [0.2, 0.25) is 0 Å². The van der Waals surface area contributed by atoms with Crippen LogP contribution >= 0.6 is 0 Å². The van der Waals surface area contributed by atoms with Crippen LogP contribution in [0.1, 0.15) is 21.6 Å². The van der Waals surface area contributed by atoms with Crippen molar-refractivity contribution in [2.75, 3.05) is 11.9 Å². The summed E-state index contributed by atoms with van der Waals surface area (Å²) in [5.41, 5.74) is 2.62. The lowest BCUT2D eigenvalue weighted by Gasteiger charge is -2.10. The molecule has 0 saturated carbocycles. The molecule has 0 fully saturated rings. The van der Waals surface area contributed by atoms with Gasteiger partial charge in [0.1, 0.15) is 5.69 Å². The summed E-state index contributed by atoms with van der Waals surface area (Å²) in [6.45, 7) is 3.21. The fraction of sp³-hybridized carbons (Fsp3) is 0.176. The molecule has 0 radical (unpaired) electrons. The van der Waals surface area contributed by atoms with Gasteiger partial charge in [0.25, 0.3) is 5.91 Å².